The van der Waals surface area contributed by atoms with Gasteiger partial charge in [-0.2, -0.15) is 0 Å². The van der Waals surface area contributed by atoms with E-state index < -0.39 is 0 Å². The van der Waals surface area contributed by atoms with E-state index in [-0.39, 0.29) is 0 Å². The molecule has 1 aromatic carbocycles. The summed E-state index contributed by atoms with van der Waals surface area (Å²) in [6, 6.07) is 8.66. The monoisotopic (exact) mass is 242 g/mol. The molecule has 0 saturated carbocycles. The van der Waals surface area contributed by atoms with Gasteiger partial charge in [0.1, 0.15) is 0 Å². The van der Waals surface area contributed by atoms with Gasteiger partial charge in [-0.3, -0.25) is 0 Å². The van der Waals surface area contributed by atoms with Crippen LogP contribution in [0.2, 0.25) is 0 Å². The topological polar surface area (TPSA) is 27.8 Å². The summed E-state index contributed by atoms with van der Waals surface area (Å²) >= 11 is 0. The van der Waals surface area contributed by atoms with Gasteiger partial charge in [0.2, 0.25) is 0 Å². The third-order valence-corrected chi connectivity index (χ3v) is 4.23. The number of H-pyrrole nitrogens is 1. The molecular weight excluding hydrogens is 220 g/mol. The molecule has 1 aliphatic heterocycles. The lowest BCUT2D eigenvalue weighted by molar-refractivity contribution is 0.358. The number of benzene rings is 1. The Bertz CT molecular complexity index is 521. The summed E-state index contributed by atoms with van der Waals surface area (Å²) < 4.78 is 0. The van der Waals surface area contributed by atoms with Crippen molar-refractivity contribution in [1.82, 2.24) is 10.3 Å². The first kappa shape index (κ1) is 11.8. The molecule has 2 heteroatoms. The molecule has 1 aliphatic rings. The van der Waals surface area contributed by atoms with Crippen LogP contribution in [0.3, 0.4) is 0 Å². The first-order valence-electron chi connectivity index (χ1n) is 7.11. The zero-order valence-corrected chi connectivity index (χ0v) is 11.1. The van der Waals surface area contributed by atoms with Gasteiger partial charge in [0, 0.05) is 16.6 Å². The summed E-state index contributed by atoms with van der Waals surface area (Å²) in [7, 11) is 0. The molecule has 0 bridgehead atoms. The smallest absolute Gasteiger partial charge is 0.0458 e. The van der Waals surface area contributed by atoms with E-state index in [0.717, 1.165) is 5.92 Å². The predicted molar refractivity (Wildman–Crippen MR) is 77.0 cm³/mol. The van der Waals surface area contributed by atoms with Gasteiger partial charge in [-0.25, -0.2) is 0 Å². The first-order chi connectivity index (χ1) is 8.84. The summed E-state index contributed by atoms with van der Waals surface area (Å²) in [6.45, 7) is 4.62. The molecule has 2 N–H and O–H groups in total. The first-order valence-corrected chi connectivity index (χ1v) is 7.11. The summed E-state index contributed by atoms with van der Waals surface area (Å²) in [6.07, 6.45) is 5.27. The quantitative estimate of drug-likeness (QED) is 0.848. The molecule has 0 aliphatic carbocycles. The highest BCUT2D eigenvalue weighted by atomic mass is 14.9. The number of para-hydroxylation sites is 1. The fourth-order valence-corrected chi connectivity index (χ4v) is 3.18. The van der Waals surface area contributed by atoms with Crippen molar-refractivity contribution in [1.29, 1.82) is 0 Å². The molecule has 0 radical (unpaired) electrons. The van der Waals surface area contributed by atoms with Gasteiger partial charge in [0.25, 0.3) is 0 Å². The molecule has 2 nitrogen and oxygen atoms in total. The molecule has 1 unspecified atom stereocenters. The standard InChI is InChI=1S/C16H22N2/c1-12-14(9-8-13-5-4-10-17-11-13)15-6-2-3-7-16(15)18-12/h2-3,6-7,13,17-18H,4-5,8-11H2,1H3. The zero-order chi connectivity index (χ0) is 12.4. The van der Waals surface area contributed by atoms with Crippen LogP contribution >= 0.6 is 0 Å². The third kappa shape index (κ3) is 2.30. The Kier molecular flexibility index (Phi) is 3.37. The highest BCUT2D eigenvalue weighted by molar-refractivity contribution is 5.84. The number of hydrogen-bond donors (Lipinski definition) is 2. The lowest BCUT2D eigenvalue weighted by Gasteiger charge is -2.22. The number of rotatable bonds is 3. The maximum Gasteiger partial charge on any atom is 0.0458 e. The largest absolute Gasteiger partial charge is 0.358 e. The van der Waals surface area contributed by atoms with E-state index in [1.165, 1.54) is 60.9 Å². The van der Waals surface area contributed by atoms with Crippen molar-refractivity contribution in [3.8, 4) is 0 Å². The van der Waals surface area contributed by atoms with Gasteiger partial charge in [-0.05, 0) is 63.2 Å². The Hall–Kier alpha value is -1.28. The zero-order valence-electron chi connectivity index (χ0n) is 11.1. The van der Waals surface area contributed by atoms with Crippen LogP contribution in [-0.2, 0) is 6.42 Å². The summed E-state index contributed by atoms with van der Waals surface area (Å²) in [5.74, 6) is 0.867. The Balaban J connectivity index is 1.75. The number of aromatic nitrogens is 1. The number of nitrogens with one attached hydrogen (secondary N) is 2. The maximum atomic E-state index is 3.51. The summed E-state index contributed by atoms with van der Waals surface area (Å²) in [5.41, 5.74) is 4.16. The van der Waals surface area contributed by atoms with Crippen molar-refractivity contribution in [2.24, 2.45) is 5.92 Å². The van der Waals surface area contributed by atoms with Crippen LogP contribution in [-0.4, -0.2) is 18.1 Å². The van der Waals surface area contributed by atoms with E-state index in [9.17, 15) is 0 Å². The van der Waals surface area contributed by atoms with Crippen LogP contribution < -0.4 is 5.32 Å². The maximum absolute atomic E-state index is 3.51. The van der Waals surface area contributed by atoms with Gasteiger partial charge in [-0.1, -0.05) is 18.2 Å². The van der Waals surface area contributed by atoms with E-state index in [1.807, 2.05) is 0 Å². The van der Waals surface area contributed by atoms with E-state index >= 15 is 0 Å². The number of aryl methyl sites for hydroxylation is 2. The van der Waals surface area contributed by atoms with Crippen LogP contribution in [0.25, 0.3) is 10.9 Å². The second-order valence-corrected chi connectivity index (χ2v) is 5.53. The molecule has 1 atom stereocenters. The molecule has 0 spiro atoms. The molecule has 0 amide bonds. The normalized spacial score (nSPS) is 20.4. The minimum atomic E-state index is 0.867. The Morgan fingerprint density at radius 2 is 2.17 bits per heavy atom. The SMILES string of the molecule is Cc1[nH]c2ccccc2c1CCC1CCCNC1. The van der Waals surface area contributed by atoms with E-state index in [2.05, 4.69) is 41.5 Å². The fourth-order valence-electron chi connectivity index (χ4n) is 3.18. The van der Waals surface area contributed by atoms with Gasteiger partial charge in [-0.15, -0.1) is 0 Å². The van der Waals surface area contributed by atoms with Gasteiger partial charge < -0.3 is 10.3 Å². The van der Waals surface area contributed by atoms with Crippen LogP contribution in [0.15, 0.2) is 24.3 Å². The molecule has 1 fully saturated rings. The van der Waals surface area contributed by atoms with Crippen LogP contribution in [0.4, 0.5) is 0 Å². The Morgan fingerprint density at radius 3 is 3.00 bits per heavy atom. The lowest BCUT2D eigenvalue weighted by Crippen LogP contribution is -2.29. The van der Waals surface area contributed by atoms with Crippen molar-refractivity contribution >= 4 is 10.9 Å². The average molecular weight is 242 g/mol. The van der Waals surface area contributed by atoms with Gasteiger partial charge in [0.15, 0.2) is 0 Å². The molecule has 2 heterocycles. The molecule has 18 heavy (non-hydrogen) atoms. The fraction of sp³-hybridized carbons (Fsp3) is 0.500. The second kappa shape index (κ2) is 5.15. The highest BCUT2D eigenvalue weighted by Crippen LogP contribution is 2.25. The van der Waals surface area contributed by atoms with E-state index in [0.29, 0.717) is 0 Å². The minimum absolute atomic E-state index is 0.867. The van der Waals surface area contributed by atoms with E-state index in [1.54, 1.807) is 0 Å². The lowest BCUT2D eigenvalue weighted by atomic mass is 9.92. The predicted octanol–water partition coefficient (Wildman–Crippen LogP) is 3.41. The number of aromatic amines is 1. The molecule has 1 aromatic heterocycles. The van der Waals surface area contributed by atoms with Crippen LogP contribution in [0, 0.1) is 12.8 Å². The van der Waals surface area contributed by atoms with Gasteiger partial charge >= 0.3 is 0 Å². The van der Waals surface area contributed by atoms with Gasteiger partial charge in [0.05, 0.1) is 0 Å². The van der Waals surface area contributed by atoms with Crippen molar-refractivity contribution in [2.75, 3.05) is 13.1 Å². The Labute approximate surface area is 109 Å². The average Bonchev–Trinajstić information content (AvgIpc) is 2.73. The third-order valence-electron chi connectivity index (χ3n) is 4.23. The molecule has 1 saturated heterocycles. The minimum Gasteiger partial charge on any atom is -0.358 e. The summed E-state index contributed by atoms with van der Waals surface area (Å²) in [4.78, 5) is 3.50. The number of fused-ring (bicyclic) bond motifs is 1. The van der Waals surface area contributed by atoms with Crippen LogP contribution in [0.1, 0.15) is 30.5 Å². The van der Waals surface area contributed by atoms with Crippen molar-refractivity contribution < 1.29 is 0 Å². The molecular formula is C16H22N2. The highest BCUT2D eigenvalue weighted by Gasteiger charge is 2.14. The summed E-state index contributed by atoms with van der Waals surface area (Å²) in [5, 5.41) is 4.92. The van der Waals surface area contributed by atoms with E-state index in [4.69, 9.17) is 0 Å². The second-order valence-electron chi connectivity index (χ2n) is 5.53. The number of piperidine rings is 1. The van der Waals surface area contributed by atoms with Crippen molar-refractivity contribution in [2.45, 2.75) is 32.6 Å². The van der Waals surface area contributed by atoms with Crippen LogP contribution in [0.5, 0.6) is 0 Å². The number of hydrogen-bond acceptors (Lipinski definition) is 1. The van der Waals surface area contributed by atoms with Crippen molar-refractivity contribution in [3.63, 3.8) is 0 Å². The van der Waals surface area contributed by atoms with Crippen molar-refractivity contribution in [3.05, 3.63) is 35.5 Å². The molecule has 3 rings (SSSR count). The molecule has 2 aromatic rings. The Morgan fingerprint density at radius 1 is 1.28 bits per heavy atom. The molecule has 96 valence electrons.